The predicted molar refractivity (Wildman–Crippen MR) is 128 cm³/mol. The first-order chi connectivity index (χ1) is 16.0. The summed E-state index contributed by atoms with van der Waals surface area (Å²) in [6.07, 6.45) is 15.0. The van der Waals surface area contributed by atoms with Crippen LogP contribution in [0.3, 0.4) is 0 Å². The number of carboxylic acids is 1. The molecule has 0 bridgehead atoms. The van der Waals surface area contributed by atoms with E-state index in [1.54, 1.807) is 30.2 Å². The molecule has 1 aliphatic carbocycles. The summed E-state index contributed by atoms with van der Waals surface area (Å²) >= 11 is 1.66. The van der Waals surface area contributed by atoms with Gasteiger partial charge in [-0.1, -0.05) is 0 Å². The average Bonchev–Trinajstić information content (AvgIpc) is 3.25. The number of nitrogens with zero attached hydrogens (tertiary/aromatic N) is 4. The van der Waals surface area contributed by atoms with Crippen LogP contribution in [0.1, 0.15) is 42.8 Å². The van der Waals surface area contributed by atoms with E-state index in [1.807, 2.05) is 30.8 Å². The van der Waals surface area contributed by atoms with Gasteiger partial charge in [0.25, 0.3) is 5.56 Å². The zero-order chi connectivity index (χ0) is 23.2. The van der Waals surface area contributed by atoms with Gasteiger partial charge >= 0.3 is 5.97 Å². The van der Waals surface area contributed by atoms with E-state index in [0.717, 1.165) is 41.2 Å². The molecular formula is C25H28N4O3S. The third kappa shape index (κ3) is 6.28. The van der Waals surface area contributed by atoms with Crippen LogP contribution >= 0.6 is 11.8 Å². The monoisotopic (exact) mass is 464 g/mol. The molecule has 1 N–H and O–H groups in total. The first-order valence-electron chi connectivity index (χ1n) is 11.2. The number of hydrogen-bond donors (Lipinski definition) is 1. The second-order valence-electron chi connectivity index (χ2n) is 8.64. The van der Waals surface area contributed by atoms with Crippen molar-refractivity contribution in [3.63, 3.8) is 0 Å². The Labute approximate surface area is 197 Å². The quantitative estimate of drug-likeness (QED) is 0.479. The van der Waals surface area contributed by atoms with Crippen LogP contribution in [0.25, 0.3) is 5.69 Å². The molecule has 1 aliphatic rings. The van der Waals surface area contributed by atoms with E-state index in [0.29, 0.717) is 23.9 Å². The van der Waals surface area contributed by atoms with Crippen LogP contribution in [-0.4, -0.2) is 36.9 Å². The third-order valence-electron chi connectivity index (χ3n) is 6.24. The lowest BCUT2D eigenvalue weighted by atomic mass is 9.97. The fraction of sp³-hybridized carbons (Fsp3) is 0.400. The molecule has 0 spiro atoms. The second kappa shape index (κ2) is 10.7. The van der Waals surface area contributed by atoms with Crippen molar-refractivity contribution in [1.82, 2.24) is 19.5 Å². The van der Waals surface area contributed by atoms with Gasteiger partial charge in [0.1, 0.15) is 5.82 Å². The standard InChI is InChI=1S/C25H28N4O3S/c1-33-22-15-27-23(28-16-22)12-19-3-2-18(10-19)11-20-5-6-21(14-26-20)29-9-8-17(13-24(29)30)4-7-25(31)32/h5-6,8-9,13-16,18-19H,2-4,7,10-12H2,1H3,(H,31,32)/t18-,19-/m0/s1. The summed E-state index contributed by atoms with van der Waals surface area (Å²) in [6, 6.07) is 7.20. The highest BCUT2D eigenvalue weighted by atomic mass is 32.2. The van der Waals surface area contributed by atoms with E-state index in [-0.39, 0.29) is 12.0 Å². The molecule has 3 heterocycles. The van der Waals surface area contributed by atoms with Crippen LogP contribution in [0, 0.1) is 11.8 Å². The Hall–Kier alpha value is -3.00. The maximum absolute atomic E-state index is 12.4. The molecule has 3 aromatic heterocycles. The second-order valence-corrected chi connectivity index (χ2v) is 9.52. The Morgan fingerprint density at radius 3 is 2.48 bits per heavy atom. The van der Waals surface area contributed by atoms with Crippen LogP contribution < -0.4 is 5.56 Å². The van der Waals surface area contributed by atoms with Crippen LogP contribution in [0.2, 0.25) is 0 Å². The molecule has 2 atom stereocenters. The summed E-state index contributed by atoms with van der Waals surface area (Å²) in [7, 11) is 0. The van der Waals surface area contributed by atoms with Gasteiger partial charge in [-0.25, -0.2) is 9.97 Å². The fourth-order valence-corrected chi connectivity index (χ4v) is 4.79. The van der Waals surface area contributed by atoms with Crippen molar-refractivity contribution in [1.29, 1.82) is 0 Å². The summed E-state index contributed by atoms with van der Waals surface area (Å²) in [5.41, 5.74) is 2.29. The molecule has 0 aliphatic heterocycles. The van der Waals surface area contributed by atoms with Crippen LogP contribution in [0.4, 0.5) is 0 Å². The minimum atomic E-state index is -0.870. The van der Waals surface area contributed by atoms with Gasteiger partial charge in [-0.3, -0.25) is 19.1 Å². The molecule has 1 fully saturated rings. The van der Waals surface area contributed by atoms with Gasteiger partial charge < -0.3 is 5.11 Å². The van der Waals surface area contributed by atoms with Gasteiger partial charge in [0.05, 0.1) is 11.9 Å². The lowest BCUT2D eigenvalue weighted by Gasteiger charge is -2.12. The van der Waals surface area contributed by atoms with Gasteiger partial charge in [0.15, 0.2) is 0 Å². The summed E-state index contributed by atoms with van der Waals surface area (Å²) in [5, 5.41) is 8.81. The predicted octanol–water partition coefficient (Wildman–Crippen LogP) is 3.96. The summed E-state index contributed by atoms with van der Waals surface area (Å²) in [5.74, 6) is 1.29. The van der Waals surface area contributed by atoms with E-state index in [1.165, 1.54) is 23.5 Å². The average molecular weight is 465 g/mol. The number of aliphatic carboxylic acids is 1. The number of thioether (sulfide) groups is 1. The highest BCUT2D eigenvalue weighted by Gasteiger charge is 2.26. The number of carbonyl (C=O) groups is 1. The molecule has 1 saturated carbocycles. The topological polar surface area (TPSA) is 98.0 Å². The van der Waals surface area contributed by atoms with Crippen molar-refractivity contribution < 1.29 is 9.90 Å². The van der Waals surface area contributed by atoms with Crippen molar-refractivity contribution in [3.05, 3.63) is 76.5 Å². The largest absolute Gasteiger partial charge is 0.481 e. The zero-order valence-electron chi connectivity index (χ0n) is 18.7. The van der Waals surface area contributed by atoms with E-state index >= 15 is 0 Å². The van der Waals surface area contributed by atoms with Crippen molar-refractivity contribution in [3.8, 4) is 5.69 Å². The summed E-state index contributed by atoms with van der Waals surface area (Å²) in [4.78, 5) is 37.9. The number of carboxylic acid groups (broad SMARTS) is 1. The Balaban J connectivity index is 1.32. The molecule has 0 aromatic carbocycles. The van der Waals surface area contributed by atoms with Gasteiger partial charge in [0.2, 0.25) is 0 Å². The Morgan fingerprint density at radius 1 is 1.09 bits per heavy atom. The molecular weight excluding hydrogens is 436 g/mol. The molecule has 4 rings (SSSR count). The first-order valence-corrected chi connectivity index (χ1v) is 12.5. The minimum Gasteiger partial charge on any atom is -0.481 e. The van der Waals surface area contributed by atoms with Crippen LogP contribution in [0.5, 0.6) is 0 Å². The van der Waals surface area contributed by atoms with Gasteiger partial charge in [0, 0.05) is 48.1 Å². The number of rotatable bonds is 9. The molecule has 172 valence electrons. The zero-order valence-corrected chi connectivity index (χ0v) is 19.5. The van der Waals surface area contributed by atoms with Gasteiger partial charge in [-0.15, -0.1) is 11.8 Å². The number of aromatic nitrogens is 4. The third-order valence-corrected chi connectivity index (χ3v) is 6.92. The van der Waals surface area contributed by atoms with E-state index in [4.69, 9.17) is 5.11 Å². The van der Waals surface area contributed by atoms with E-state index in [2.05, 4.69) is 15.0 Å². The smallest absolute Gasteiger partial charge is 0.303 e. The van der Waals surface area contributed by atoms with E-state index < -0.39 is 5.97 Å². The SMILES string of the molecule is CSc1cnc(C[C@H]2CC[C@H](Cc3ccc(-n4ccc(CCC(=O)O)cc4=O)cn3)C2)nc1. The van der Waals surface area contributed by atoms with Crippen molar-refractivity contribution in [2.45, 2.75) is 49.8 Å². The highest BCUT2D eigenvalue weighted by molar-refractivity contribution is 7.98. The molecule has 8 heteroatoms. The van der Waals surface area contributed by atoms with Gasteiger partial charge in [-0.2, -0.15) is 0 Å². The Morgan fingerprint density at radius 2 is 1.85 bits per heavy atom. The normalized spacial score (nSPS) is 17.8. The highest BCUT2D eigenvalue weighted by Crippen LogP contribution is 2.34. The lowest BCUT2D eigenvalue weighted by Crippen LogP contribution is -2.18. The summed E-state index contributed by atoms with van der Waals surface area (Å²) < 4.78 is 1.54. The summed E-state index contributed by atoms with van der Waals surface area (Å²) in [6.45, 7) is 0. The number of aryl methyl sites for hydroxylation is 1. The number of pyridine rings is 2. The Kier molecular flexibility index (Phi) is 7.54. The van der Waals surface area contributed by atoms with Crippen LogP contribution in [0.15, 0.2) is 58.7 Å². The molecule has 3 aromatic rings. The molecule has 0 unspecified atom stereocenters. The minimum absolute atomic E-state index is 0.0129. The fourth-order valence-electron chi connectivity index (χ4n) is 4.48. The Bertz CT molecular complexity index is 1150. The maximum atomic E-state index is 12.4. The molecule has 0 amide bonds. The first kappa shape index (κ1) is 23.2. The van der Waals surface area contributed by atoms with Crippen LogP contribution in [-0.2, 0) is 24.1 Å². The molecule has 0 saturated heterocycles. The van der Waals surface area contributed by atoms with Crippen molar-refractivity contribution in [2.75, 3.05) is 6.26 Å². The maximum Gasteiger partial charge on any atom is 0.303 e. The number of hydrogen-bond acceptors (Lipinski definition) is 6. The van der Waals surface area contributed by atoms with Gasteiger partial charge in [-0.05, 0) is 74.0 Å². The molecule has 33 heavy (non-hydrogen) atoms. The molecule has 7 nitrogen and oxygen atoms in total. The van der Waals surface area contributed by atoms with Crippen molar-refractivity contribution in [2.24, 2.45) is 11.8 Å². The lowest BCUT2D eigenvalue weighted by molar-refractivity contribution is -0.136. The van der Waals surface area contributed by atoms with Crippen molar-refractivity contribution >= 4 is 17.7 Å². The molecule has 0 radical (unpaired) electrons. The van der Waals surface area contributed by atoms with E-state index in [9.17, 15) is 9.59 Å².